The normalized spacial score (nSPS) is 10.7. The van der Waals surface area contributed by atoms with E-state index in [0.717, 1.165) is 22.3 Å². The van der Waals surface area contributed by atoms with Crippen molar-refractivity contribution in [2.45, 2.75) is 19.8 Å². The minimum atomic E-state index is 0.0771. The van der Waals surface area contributed by atoms with Crippen molar-refractivity contribution in [2.24, 2.45) is 0 Å². The van der Waals surface area contributed by atoms with Crippen LogP contribution < -0.4 is 0 Å². The molecule has 0 atom stereocenters. The van der Waals surface area contributed by atoms with Gasteiger partial charge in [0.25, 0.3) is 0 Å². The number of hydrogen-bond acceptors (Lipinski definition) is 3. The number of hydrogen-bond donors (Lipinski definition) is 2. The van der Waals surface area contributed by atoms with Crippen LogP contribution in [0.15, 0.2) is 30.3 Å². The van der Waals surface area contributed by atoms with Gasteiger partial charge in [0, 0.05) is 18.7 Å². The highest BCUT2D eigenvalue weighted by Gasteiger charge is 2.17. The van der Waals surface area contributed by atoms with Crippen LogP contribution in [0.5, 0.6) is 11.5 Å². The highest BCUT2D eigenvalue weighted by Crippen LogP contribution is 2.39. The average Bonchev–Trinajstić information content (AvgIpc) is 2.45. The van der Waals surface area contributed by atoms with Gasteiger partial charge in [-0.1, -0.05) is 31.2 Å². The van der Waals surface area contributed by atoms with E-state index < -0.39 is 0 Å². The largest absolute Gasteiger partial charge is 0.508 e. The molecule has 0 heterocycles. The van der Waals surface area contributed by atoms with E-state index in [-0.39, 0.29) is 11.5 Å². The van der Waals surface area contributed by atoms with Crippen molar-refractivity contribution in [1.29, 1.82) is 0 Å². The SMILES string of the molecule is CCc1c(O)cc(O)c(-c2[c]cccc2)c1CCOC. The van der Waals surface area contributed by atoms with Gasteiger partial charge in [0.1, 0.15) is 11.5 Å². The predicted molar refractivity (Wildman–Crippen MR) is 79.0 cm³/mol. The average molecular weight is 271 g/mol. The van der Waals surface area contributed by atoms with Gasteiger partial charge in [-0.2, -0.15) is 0 Å². The summed E-state index contributed by atoms with van der Waals surface area (Å²) in [7, 11) is 1.64. The molecule has 20 heavy (non-hydrogen) atoms. The van der Waals surface area contributed by atoms with E-state index in [1.54, 1.807) is 7.11 Å². The molecule has 0 fully saturated rings. The molecule has 2 aromatic rings. The summed E-state index contributed by atoms with van der Waals surface area (Å²) in [6.07, 6.45) is 1.34. The zero-order valence-corrected chi connectivity index (χ0v) is 11.8. The molecule has 2 rings (SSSR count). The molecule has 3 heteroatoms. The molecule has 2 N–H and O–H groups in total. The van der Waals surface area contributed by atoms with Crippen LogP contribution in [-0.2, 0) is 17.6 Å². The third kappa shape index (κ3) is 2.78. The van der Waals surface area contributed by atoms with Gasteiger partial charge in [0.15, 0.2) is 0 Å². The van der Waals surface area contributed by atoms with E-state index in [4.69, 9.17) is 4.74 Å². The van der Waals surface area contributed by atoms with E-state index >= 15 is 0 Å². The van der Waals surface area contributed by atoms with Crippen LogP contribution in [0.1, 0.15) is 18.1 Å². The molecule has 2 aromatic carbocycles. The molecular weight excluding hydrogens is 252 g/mol. The topological polar surface area (TPSA) is 49.7 Å². The van der Waals surface area contributed by atoms with Crippen molar-refractivity contribution in [3.05, 3.63) is 47.5 Å². The summed E-state index contributed by atoms with van der Waals surface area (Å²) in [6, 6.07) is 12.0. The molecule has 0 saturated heterocycles. The lowest BCUT2D eigenvalue weighted by molar-refractivity contribution is 0.202. The standard InChI is InChI=1S/C17H19O3/c1-3-13-14(9-10-20-2)17(16(19)11-15(13)18)12-7-5-4-6-8-12/h4-7,11,18-19H,3,9-10H2,1-2H3. The first-order valence-electron chi connectivity index (χ1n) is 6.71. The molecule has 0 saturated carbocycles. The van der Waals surface area contributed by atoms with E-state index in [2.05, 4.69) is 6.07 Å². The predicted octanol–water partition coefficient (Wildman–Crippen LogP) is 3.32. The molecule has 0 amide bonds. The smallest absolute Gasteiger partial charge is 0.127 e. The fourth-order valence-electron chi connectivity index (χ4n) is 2.47. The van der Waals surface area contributed by atoms with Crippen molar-refractivity contribution < 1.29 is 14.9 Å². The first kappa shape index (κ1) is 14.4. The van der Waals surface area contributed by atoms with Gasteiger partial charge in [-0.05, 0) is 35.6 Å². The molecule has 0 aliphatic rings. The molecule has 3 nitrogen and oxygen atoms in total. The van der Waals surface area contributed by atoms with Crippen molar-refractivity contribution in [1.82, 2.24) is 0 Å². The van der Waals surface area contributed by atoms with E-state index in [9.17, 15) is 10.2 Å². The fourth-order valence-corrected chi connectivity index (χ4v) is 2.47. The van der Waals surface area contributed by atoms with Crippen LogP contribution in [0.2, 0.25) is 0 Å². The number of rotatable bonds is 5. The Morgan fingerprint density at radius 1 is 1.15 bits per heavy atom. The monoisotopic (exact) mass is 271 g/mol. The minimum Gasteiger partial charge on any atom is -0.508 e. The number of phenolic OH excluding ortho intramolecular Hbond substituents is 2. The maximum Gasteiger partial charge on any atom is 0.127 e. The van der Waals surface area contributed by atoms with Gasteiger partial charge in [0.05, 0.1) is 6.61 Å². The van der Waals surface area contributed by atoms with Crippen molar-refractivity contribution in [3.8, 4) is 22.6 Å². The maximum absolute atomic E-state index is 10.2. The van der Waals surface area contributed by atoms with Crippen molar-refractivity contribution >= 4 is 0 Å². The molecular formula is C17H19O3. The van der Waals surface area contributed by atoms with Gasteiger partial charge in [0.2, 0.25) is 0 Å². The molecule has 0 spiro atoms. The Hall–Kier alpha value is -2.00. The zero-order chi connectivity index (χ0) is 14.5. The third-order valence-electron chi connectivity index (χ3n) is 3.39. The van der Waals surface area contributed by atoms with Crippen LogP contribution in [0, 0.1) is 6.07 Å². The van der Waals surface area contributed by atoms with E-state index in [0.29, 0.717) is 19.4 Å². The van der Waals surface area contributed by atoms with Gasteiger partial charge in [-0.15, -0.1) is 0 Å². The second-order valence-corrected chi connectivity index (χ2v) is 4.62. The van der Waals surface area contributed by atoms with Gasteiger partial charge < -0.3 is 14.9 Å². The summed E-state index contributed by atoms with van der Waals surface area (Å²) >= 11 is 0. The van der Waals surface area contributed by atoms with Gasteiger partial charge >= 0.3 is 0 Å². The van der Waals surface area contributed by atoms with Crippen LogP contribution >= 0.6 is 0 Å². The Kier molecular flexibility index (Phi) is 4.64. The Labute approximate surface area is 119 Å². The number of phenols is 2. The van der Waals surface area contributed by atoms with Gasteiger partial charge in [-0.25, -0.2) is 0 Å². The summed E-state index contributed by atoms with van der Waals surface area (Å²) in [5, 5.41) is 20.3. The number of benzene rings is 2. The molecule has 0 unspecified atom stereocenters. The Balaban J connectivity index is 2.64. The van der Waals surface area contributed by atoms with Crippen LogP contribution in [0.3, 0.4) is 0 Å². The van der Waals surface area contributed by atoms with Crippen LogP contribution in [0.25, 0.3) is 11.1 Å². The quantitative estimate of drug-likeness (QED) is 0.877. The lowest BCUT2D eigenvalue weighted by Crippen LogP contribution is -2.02. The second kappa shape index (κ2) is 6.44. The molecule has 1 radical (unpaired) electrons. The number of methoxy groups -OCH3 is 1. The molecule has 0 bridgehead atoms. The van der Waals surface area contributed by atoms with Crippen molar-refractivity contribution in [3.63, 3.8) is 0 Å². The summed E-state index contributed by atoms with van der Waals surface area (Å²) < 4.78 is 5.14. The van der Waals surface area contributed by atoms with Crippen LogP contribution in [-0.4, -0.2) is 23.9 Å². The molecule has 0 aliphatic carbocycles. The Morgan fingerprint density at radius 3 is 2.55 bits per heavy atom. The lowest BCUT2D eigenvalue weighted by atomic mass is 9.91. The highest BCUT2D eigenvalue weighted by molar-refractivity contribution is 5.76. The summed E-state index contributed by atoms with van der Waals surface area (Å²) in [5.41, 5.74) is 3.34. The Bertz CT molecular complexity index is 577. The molecule has 105 valence electrons. The molecule has 0 aliphatic heterocycles. The van der Waals surface area contributed by atoms with E-state index in [1.165, 1.54) is 6.07 Å². The fraction of sp³-hybridized carbons (Fsp3) is 0.294. The Morgan fingerprint density at radius 2 is 1.95 bits per heavy atom. The third-order valence-corrected chi connectivity index (χ3v) is 3.39. The van der Waals surface area contributed by atoms with E-state index in [1.807, 2.05) is 31.2 Å². The number of ether oxygens (including phenoxy) is 1. The lowest BCUT2D eigenvalue weighted by Gasteiger charge is -2.17. The first-order chi connectivity index (χ1) is 9.69. The zero-order valence-electron chi connectivity index (χ0n) is 11.8. The van der Waals surface area contributed by atoms with Gasteiger partial charge in [-0.3, -0.25) is 0 Å². The summed E-state index contributed by atoms with van der Waals surface area (Å²) in [5.74, 6) is 0.212. The summed E-state index contributed by atoms with van der Waals surface area (Å²) in [6.45, 7) is 2.52. The molecule has 0 aromatic heterocycles. The maximum atomic E-state index is 10.2. The number of aromatic hydroxyl groups is 2. The first-order valence-corrected chi connectivity index (χ1v) is 6.71. The van der Waals surface area contributed by atoms with Crippen molar-refractivity contribution in [2.75, 3.05) is 13.7 Å². The minimum absolute atomic E-state index is 0.0771. The van der Waals surface area contributed by atoms with Crippen LogP contribution in [0.4, 0.5) is 0 Å². The second-order valence-electron chi connectivity index (χ2n) is 4.62. The highest BCUT2D eigenvalue weighted by atomic mass is 16.5. The summed E-state index contributed by atoms with van der Waals surface area (Å²) in [4.78, 5) is 0.